The van der Waals surface area contributed by atoms with E-state index in [1.165, 1.54) is 17.9 Å². The average molecular weight is 495 g/mol. The average Bonchev–Trinajstić information content (AvgIpc) is 2.87. The number of ether oxygens (including phenoxy) is 1. The van der Waals surface area contributed by atoms with Crippen LogP contribution >= 0.6 is 0 Å². The minimum Gasteiger partial charge on any atom is -0.497 e. The Hall–Kier alpha value is -4.74. The van der Waals surface area contributed by atoms with E-state index in [1.807, 2.05) is 0 Å². The lowest BCUT2D eigenvalue weighted by Gasteiger charge is -2.14. The number of amidine groups is 1. The Kier molecular flexibility index (Phi) is 6.68. The van der Waals surface area contributed by atoms with E-state index in [0.717, 1.165) is 6.34 Å². The first-order chi connectivity index (χ1) is 17.2. The molecule has 0 saturated heterocycles. The van der Waals surface area contributed by atoms with Gasteiger partial charge in [-0.25, -0.2) is 9.98 Å². The van der Waals surface area contributed by atoms with Crippen LogP contribution < -0.4 is 21.3 Å². The third kappa shape index (κ3) is 5.17. The zero-order chi connectivity index (χ0) is 25.9. The number of rotatable bonds is 6. The van der Waals surface area contributed by atoms with Gasteiger partial charge in [0, 0.05) is 22.7 Å². The van der Waals surface area contributed by atoms with E-state index < -0.39 is 18.3 Å². The number of alkyl halides is 3. The van der Waals surface area contributed by atoms with Gasteiger partial charge < -0.3 is 15.8 Å². The monoisotopic (exact) mass is 495 g/mol. The van der Waals surface area contributed by atoms with Crippen LogP contribution in [0.2, 0.25) is 0 Å². The van der Waals surface area contributed by atoms with Gasteiger partial charge in [0.1, 0.15) is 12.3 Å². The molecule has 0 bridgehead atoms. The van der Waals surface area contributed by atoms with E-state index in [4.69, 9.17) is 15.9 Å². The van der Waals surface area contributed by atoms with Gasteiger partial charge >= 0.3 is 6.18 Å². The molecule has 12 heteroatoms. The third-order valence-electron chi connectivity index (χ3n) is 5.19. The number of hydrogen-bond acceptors (Lipinski definition) is 6. The highest BCUT2D eigenvalue weighted by Crippen LogP contribution is 2.25. The maximum Gasteiger partial charge on any atom is 0.405 e. The molecule has 0 saturated carbocycles. The second-order valence-electron chi connectivity index (χ2n) is 7.54. The molecule has 0 amide bonds. The van der Waals surface area contributed by atoms with Crippen LogP contribution in [-0.2, 0) is 0 Å². The lowest BCUT2D eigenvalue weighted by Crippen LogP contribution is -2.24. The molecule has 4 rings (SSSR count). The van der Waals surface area contributed by atoms with E-state index >= 15 is 0 Å². The zero-order valence-corrected chi connectivity index (χ0v) is 18.9. The smallest absolute Gasteiger partial charge is 0.405 e. The SMILES string of the molecule is COc1ccc(-c2cc3cnc(NCC(F)(F)F)nc3n(-c3ccc(C(=N)/N=C\N)cc3)c2=O)cc1. The number of hydrogen-bond donors (Lipinski definition) is 3. The molecule has 0 aliphatic rings. The third-order valence-corrected chi connectivity index (χ3v) is 5.19. The second-order valence-corrected chi connectivity index (χ2v) is 7.54. The summed E-state index contributed by atoms with van der Waals surface area (Å²) >= 11 is 0. The number of aromatic nitrogens is 3. The number of pyridine rings is 1. The molecule has 0 aliphatic heterocycles. The van der Waals surface area contributed by atoms with Gasteiger partial charge in [-0.2, -0.15) is 18.2 Å². The second kappa shape index (κ2) is 9.86. The summed E-state index contributed by atoms with van der Waals surface area (Å²) in [6.07, 6.45) is -2.12. The van der Waals surface area contributed by atoms with Gasteiger partial charge in [0.2, 0.25) is 5.95 Å². The molecule has 0 atom stereocenters. The number of anilines is 1. The highest BCUT2D eigenvalue weighted by Gasteiger charge is 2.27. The Morgan fingerprint density at radius 2 is 1.89 bits per heavy atom. The summed E-state index contributed by atoms with van der Waals surface area (Å²) in [5.74, 6) is 0.261. The molecule has 184 valence electrons. The summed E-state index contributed by atoms with van der Waals surface area (Å²) in [6, 6.07) is 14.8. The van der Waals surface area contributed by atoms with Crippen LogP contribution in [0.5, 0.6) is 5.75 Å². The van der Waals surface area contributed by atoms with E-state index in [-0.39, 0.29) is 17.4 Å². The molecule has 0 spiro atoms. The van der Waals surface area contributed by atoms with Crippen LogP contribution in [0.15, 0.2) is 70.6 Å². The molecule has 0 aliphatic carbocycles. The molecule has 4 N–H and O–H groups in total. The largest absolute Gasteiger partial charge is 0.497 e. The van der Waals surface area contributed by atoms with Crippen LogP contribution in [0.3, 0.4) is 0 Å². The summed E-state index contributed by atoms with van der Waals surface area (Å²) in [4.78, 5) is 25.6. The molecular weight excluding hydrogens is 475 g/mol. The summed E-state index contributed by atoms with van der Waals surface area (Å²) in [5, 5.41) is 10.5. The van der Waals surface area contributed by atoms with Crippen LogP contribution in [-0.4, -0.2) is 46.5 Å². The predicted octanol–water partition coefficient (Wildman–Crippen LogP) is 3.74. The number of halogens is 3. The number of fused-ring (bicyclic) bond motifs is 1. The van der Waals surface area contributed by atoms with Crippen molar-refractivity contribution in [1.29, 1.82) is 5.41 Å². The van der Waals surface area contributed by atoms with Crippen molar-refractivity contribution in [3.8, 4) is 22.6 Å². The van der Waals surface area contributed by atoms with Crippen LogP contribution in [0.1, 0.15) is 5.56 Å². The Morgan fingerprint density at radius 3 is 2.50 bits per heavy atom. The predicted molar refractivity (Wildman–Crippen MR) is 131 cm³/mol. The standard InChI is InChI=1S/C24H20F3N7O2/c1-36-18-8-4-14(5-9-18)19-10-16-11-30-23(31-12-24(25,26)27)33-21(16)34(22(19)35)17-6-2-15(3-7-17)20(29)32-13-28/h2-11,13H,12H2,1H3,(H3,28,29,32)(H,30,31,33). The minimum absolute atomic E-state index is 0.0748. The molecule has 36 heavy (non-hydrogen) atoms. The van der Waals surface area contributed by atoms with Crippen molar-refractivity contribution < 1.29 is 17.9 Å². The van der Waals surface area contributed by atoms with Crippen molar-refractivity contribution >= 4 is 29.2 Å². The van der Waals surface area contributed by atoms with Crippen LogP contribution in [0.25, 0.3) is 27.8 Å². The van der Waals surface area contributed by atoms with Gasteiger partial charge in [0.05, 0.1) is 19.1 Å². The summed E-state index contributed by atoms with van der Waals surface area (Å²) in [6.45, 7) is -1.33. The number of nitrogens with two attached hydrogens (primary N) is 1. The molecule has 2 aromatic carbocycles. The number of aliphatic imine (C=N–C) groups is 1. The van der Waals surface area contributed by atoms with Crippen molar-refractivity contribution in [3.63, 3.8) is 0 Å². The topological polar surface area (TPSA) is 131 Å². The molecule has 0 fully saturated rings. The van der Waals surface area contributed by atoms with Gasteiger partial charge in [0.25, 0.3) is 5.56 Å². The van der Waals surface area contributed by atoms with Crippen molar-refractivity contribution in [1.82, 2.24) is 14.5 Å². The van der Waals surface area contributed by atoms with E-state index in [2.05, 4.69) is 20.3 Å². The van der Waals surface area contributed by atoms with E-state index in [1.54, 1.807) is 54.6 Å². The number of nitrogens with zero attached hydrogens (tertiary/aromatic N) is 4. The first-order valence-corrected chi connectivity index (χ1v) is 10.5. The van der Waals surface area contributed by atoms with Crippen molar-refractivity contribution in [2.75, 3.05) is 19.0 Å². The first kappa shape index (κ1) is 24.4. The van der Waals surface area contributed by atoms with Crippen LogP contribution in [0, 0.1) is 5.41 Å². The van der Waals surface area contributed by atoms with Gasteiger partial charge in [-0.05, 0) is 48.0 Å². The van der Waals surface area contributed by atoms with Crippen molar-refractivity contribution in [3.05, 3.63) is 76.7 Å². The molecule has 4 aromatic rings. The Labute approximate surface area is 202 Å². The molecule has 2 aromatic heterocycles. The fraction of sp³-hybridized carbons (Fsp3) is 0.125. The number of methoxy groups -OCH3 is 1. The number of nitrogens with one attached hydrogen (secondary N) is 2. The quantitative estimate of drug-likeness (QED) is 0.276. The summed E-state index contributed by atoms with van der Waals surface area (Å²) in [5.41, 5.74) is 6.68. The minimum atomic E-state index is -4.47. The summed E-state index contributed by atoms with van der Waals surface area (Å²) < 4.78 is 44.6. The fourth-order valence-electron chi connectivity index (χ4n) is 3.50. The Morgan fingerprint density at radius 1 is 1.19 bits per heavy atom. The molecule has 2 heterocycles. The fourth-order valence-corrected chi connectivity index (χ4v) is 3.50. The van der Waals surface area contributed by atoms with Crippen LogP contribution in [0.4, 0.5) is 19.1 Å². The van der Waals surface area contributed by atoms with E-state index in [0.29, 0.717) is 33.5 Å². The first-order valence-electron chi connectivity index (χ1n) is 10.5. The maximum atomic E-state index is 13.7. The Balaban J connectivity index is 1.90. The van der Waals surface area contributed by atoms with E-state index in [9.17, 15) is 18.0 Å². The van der Waals surface area contributed by atoms with Crippen molar-refractivity contribution in [2.45, 2.75) is 6.18 Å². The molecule has 0 radical (unpaired) electrons. The van der Waals surface area contributed by atoms with Crippen molar-refractivity contribution in [2.24, 2.45) is 10.7 Å². The molecular formula is C24H20F3N7O2. The lowest BCUT2D eigenvalue weighted by molar-refractivity contribution is -0.115. The zero-order valence-electron chi connectivity index (χ0n) is 18.9. The van der Waals surface area contributed by atoms with Gasteiger partial charge in [-0.3, -0.25) is 14.8 Å². The van der Waals surface area contributed by atoms with Gasteiger partial charge in [0.15, 0.2) is 11.5 Å². The molecule has 0 unspecified atom stereocenters. The highest BCUT2D eigenvalue weighted by atomic mass is 19.4. The highest BCUT2D eigenvalue weighted by molar-refractivity contribution is 6.00. The normalized spacial score (nSPS) is 11.7. The number of benzene rings is 2. The van der Waals surface area contributed by atoms with Gasteiger partial charge in [-0.15, -0.1) is 0 Å². The molecule has 9 nitrogen and oxygen atoms in total. The maximum absolute atomic E-state index is 13.7. The van der Waals surface area contributed by atoms with Gasteiger partial charge in [-0.1, -0.05) is 12.1 Å². The Bertz CT molecular complexity index is 1500. The lowest BCUT2D eigenvalue weighted by atomic mass is 10.1. The summed E-state index contributed by atoms with van der Waals surface area (Å²) in [7, 11) is 1.53.